The van der Waals surface area contributed by atoms with Crippen LogP contribution in [0.1, 0.15) is 13.8 Å². The molecule has 23 heavy (non-hydrogen) atoms. The summed E-state index contributed by atoms with van der Waals surface area (Å²) in [5.41, 5.74) is 1.83. The normalized spacial score (nSPS) is 10.6. The van der Waals surface area contributed by atoms with Crippen molar-refractivity contribution in [1.29, 1.82) is 0 Å². The van der Waals surface area contributed by atoms with Gasteiger partial charge in [-0.25, -0.2) is 0 Å². The number of hydrogen-bond acceptors (Lipinski definition) is 3. The molecule has 0 saturated heterocycles. The Hall–Kier alpha value is -2.33. The predicted octanol–water partition coefficient (Wildman–Crippen LogP) is 2.93. The molecule has 1 amide bonds. The molecular weight excluding hydrogens is 288 g/mol. The third-order valence-electron chi connectivity index (χ3n) is 3.64. The van der Waals surface area contributed by atoms with Crippen LogP contribution in [-0.2, 0) is 4.79 Å². The zero-order valence-electron chi connectivity index (χ0n) is 13.7. The lowest BCUT2D eigenvalue weighted by Crippen LogP contribution is -2.44. The van der Waals surface area contributed by atoms with Gasteiger partial charge in [0.15, 0.2) is 0 Å². The molecule has 0 bridgehead atoms. The molecule has 0 radical (unpaired) electrons. The van der Waals surface area contributed by atoms with Crippen molar-refractivity contribution in [2.24, 2.45) is 0 Å². The maximum atomic E-state index is 12.8. The van der Waals surface area contributed by atoms with Crippen molar-refractivity contribution in [2.75, 3.05) is 29.5 Å². The van der Waals surface area contributed by atoms with E-state index in [0.717, 1.165) is 11.4 Å². The second-order valence-corrected chi connectivity index (χ2v) is 5.67. The SMILES string of the molecule is CC(C)N(C(=O)CN(CCO)c1ccccc1)c1ccccc1. The van der Waals surface area contributed by atoms with E-state index < -0.39 is 0 Å². The molecule has 0 spiro atoms. The lowest BCUT2D eigenvalue weighted by atomic mass is 10.2. The van der Waals surface area contributed by atoms with Crippen LogP contribution in [-0.4, -0.2) is 36.8 Å². The van der Waals surface area contributed by atoms with Gasteiger partial charge in [-0.15, -0.1) is 0 Å². The van der Waals surface area contributed by atoms with E-state index in [0.29, 0.717) is 6.54 Å². The summed E-state index contributed by atoms with van der Waals surface area (Å²) >= 11 is 0. The standard InChI is InChI=1S/C19H24N2O2/c1-16(2)21(18-11-7-4-8-12-18)19(23)15-20(13-14-22)17-9-5-3-6-10-17/h3-12,16,22H,13-15H2,1-2H3. The van der Waals surface area contributed by atoms with Gasteiger partial charge < -0.3 is 14.9 Å². The quantitative estimate of drug-likeness (QED) is 0.855. The highest BCUT2D eigenvalue weighted by Gasteiger charge is 2.21. The molecule has 0 heterocycles. The average molecular weight is 312 g/mol. The Bertz CT molecular complexity index is 599. The molecular formula is C19H24N2O2. The van der Waals surface area contributed by atoms with Gasteiger partial charge in [-0.05, 0) is 38.1 Å². The third kappa shape index (κ3) is 4.57. The first kappa shape index (κ1) is 17.0. The van der Waals surface area contributed by atoms with Crippen molar-refractivity contribution in [3.8, 4) is 0 Å². The van der Waals surface area contributed by atoms with Gasteiger partial charge in [0, 0.05) is 24.0 Å². The summed E-state index contributed by atoms with van der Waals surface area (Å²) < 4.78 is 0. The first-order chi connectivity index (χ1) is 11.1. The van der Waals surface area contributed by atoms with Gasteiger partial charge in [-0.1, -0.05) is 36.4 Å². The molecule has 4 nitrogen and oxygen atoms in total. The van der Waals surface area contributed by atoms with E-state index >= 15 is 0 Å². The van der Waals surface area contributed by atoms with Crippen molar-refractivity contribution < 1.29 is 9.90 Å². The number of hydrogen-bond donors (Lipinski definition) is 1. The minimum absolute atomic E-state index is 0.00912. The highest BCUT2D eigenvalue weighted by Crippen LogP contribution is 2.19. The minimum Gasteiger partial charge on any atom is -0.395 e. The molecule has 0 aliphatic rings. The molecule has 0 atom stereocenters. The van der Waals surface area contributed by atoms with Crippen LogP contribution in [0.25, 0.3) is 0 Å². The van der Waals surface area contributed by atoms with Crippen LogP contribution in [0.3, 0.4) is 0 Å². The Balaban J connectivity index is 2.19. The van der Waals surface area contributed by atoms with Crippen molar-refractivity contribution in [3.63, 3.8) is 0 Å². The van der Waals surface area contributed by atoms with Crippen LogP contribution in [0, 0.1) is 0 Å². The fourth-order valence-corrected chi connectivity index (χ4v) is 2.62. The Kier molecular flexibility index (Phi) is 6.18. The van der Waals surface area contributed by atoms with Crippen LogP contribution in [0.4, 0.5) is 11.4 Å². The van der Waals surface area contributed by atoms with Crippen molar-refractivity contribution in [3.05, 3.63) is 60.7 Å². The number of rotatable bonds is 7. The molecule has 2 aromatic rings. The number of carbonyl (C=O) groups excluding carboxylic acids is 1. The van der Waals surface area contributed by atoms with E-state index in [2.05, 4.69) is 0 Å². The molecule has 2 rings (SSSR count). The fraction of sp³-hybridized carbons (Fsp3) is 0.316. The summed E-state index contributed by atoms with van der Waals surface area (Å²) in [5.74, 6) is 0.0171. The van der Waals surface area contributed by atoms with E-state index in [4.69, 9.17) is 0 Å². The van der Waals surface area contributed by atoms with E-state index in [1.54, 1.807) is 4.90 Å². The van der Waals surface area contributed by atoms with Gasteiger partial charge in [-0.3, -0.25) is 4.79 Å². The average Bonchev–Trinajstić information content (AvgIpc) is 2.56. The summed E-state index contributed by atoms with van der Waals surface area (Å²) in [6.07, 6.45) is 0. The first-order valence-electron chi connectivity index (χ1n) is 7.91. The van der Waals surface area contributed by atoms with E-state index in [-0.39, 0.29) is 25.1 Å². The molecule has 1 N–H and O–H groups in total. The predicted molar refractivity (Wildman–Crippen MR) is 94.8 cm³/mol. The van der Waals surface area contributed by atoms with Gasteiger partial charge >= 0.3 is 0 Å². The number of amides is 1. The summed E-state index contributed by atoms with van der Waals surface area (Å²) in [4.78, 5) is 16.5. The third-order valence-corrected chi connectivity index (χ3v) is 3.64. The van der Waals surface area contributed by atoms with Crippen molar-refractivity contribution in [2.45, 2.75) is 19.9 Å². The van der Waals surface area contributed by atoms with Gasteiger partial charge in [0.25, 0.3) is 0 Å². The highest BCUT2D eigenvalue weighted by atomic mass is 16.3. The Morgan fingerprint density at radius 2 is 1.48 bits per heavy atom. The zero-order chi connectivity index (χ0) is 16.7. The number of carbonyl (C=O) groups is 1. The smallest absolute Gasteiger partial charge is 0.246 e. The first-order valence-corrected chi connectivity index (χ1v) is 7.91. The number of anilines is 2. The number of benzene rings is 2. The van der Waals surface area contributed by atoms with E-state index in [1.807, 2.05) is 79.4 Å². The lowest BCUT2D eigenvalue weighted by molar-refractivity contribution is -0.117. The van der Waals surface area contributed by atoms with Crippen LogP contribution in [0.2, 0.25) is 0 Å². The number of aliphatic hydroxyl groups is 1. The number of aliphatic hydroxyl groups excluding tert-OH is 1. The molecule has 0 aliphatic carbocycles. The van der Waals surface area contributed by atoms with Crippen LogP contribution in [0.15, 0.2) is 60.7 Å². The van der Waals surface area contributed by atoms with Crippen LogP contribution in [0.5, 0.6) is 0 Å². The monoisotopic (exact) mass is 312 g/mol. The van der Waals surface area contributed by atoms with Crippen molar-refractivity contribution >= 4 is 17.3 Å². The molecule has 122 valence electrons. The maximum absolute atomic E-state index is 12.8. The largest absolute Gasteiger partial charge is 0.395 e. The molecule has 0 aliphatic heterocycles. The zero-order valence-corrected chi connectivity index (χ0v) is 13.7. The Morgan fingerprint density at radius 1 is 0.957 bits per heavy atom. The molecule has 0 aromatic heterocycles. The summed E-state index contributed by atoms with van der Waals surface area (Å²) in [7, 11) is 0. The second kappa shape index (κ2) is 8.34. The Labute approximate surface area is 138 Å². The second-order valence-electron chi connectivity index (χ2n) is 5.67. The molecule has 4 heteroatoms. The van der Waals surface area contributed by atoms with E-state index in [9.17, 15) is 9.90 Å². The summed E-state index contributed by atoms with van der Waals surface area (Å²) in [5, 5.41) is 9.31. The van der Waals surface area contributed by atoms with Crippen molar-refractivity contribution in [1.82, 2.24) is 0 Å². The van der Waals surface area contributed by atoms with Gasteiger partial charge in [-0.2, -0.15) is 0 Å². The highest BCUT2D eigenvalue weighted by molar-refractivity contribution is 5.96. The van der Waals surface area contributed by atoms with Gasteiger partial charge in [0.1, 0.15) is 0 Å². The molecule has 0 fully saturated rings. The maximum Gasteiger partial charge on any atom is 0.246 e. The Morgan fingerprint density at radius 3 is 1.96 bits per heavy atom. The van der Waals surface area contributed by atoms with Gasteiger partial charge in [0.2, 0.25) is 5.91 Å². The number of para-hydroxylation sites is 2. The van der Waals surface area contributed by atoms with Gasteiger partial charge in [0.05, 0.1) is 13.2 Å². The number of nitrogens with zero attached hydrogens (tertiary/aromatic N) is 2. The van der Waals surface area contributed by atoms with Crippen LogP contribution >= 0.6 is 0 Å². The molecule has 0 saturated carbocycles. The fourth-order valence-electron chi connectivity index (χ4n) is 2.62. The van der Waals surface area contributed by atoms with Crippen LogP contribution < -0.4 is 9.80 Å². The summed E-state index contributed by atoms with van der Waals surface area (Å²) in [6, 6.07) is 19.5. The summed E-state index contributed by atoms with van der Waals surface area (Å²) in [6.45, 7) is 4.68. The van der Waals surface area contributed by atoms with E-state index in [1.165, 1.54) is 0 Å². The topological polar surface area (TPSA) is 43.8 Å². The molecule has 2 aromatic carbocycles. The lowest BCUT2D eigenvalue weighted by Gasteiger charge is -2.31. The molecule has 0 unspecified atom stereocenters. The minimum atomic E-state index is 0.00912.